The fourth-order valence-corrected chi connectivity index (χ4v) is 6.04. The topological polar surface area (TPSA) is 69.6 Å². The van der Waals surface area contributed by atoms with Crippen molar-refractivity contribution in [2.45, 2.75) is 0 Å². The van der Waals surface area contributed by atoms with Crippen molar-refractivity contribution in [3.63, 3.8) is 0 Å². The lowest BCUT2D eigenvalue weighted by molar-refractivity contribution is 0.669. The Morgan fingerprint density at radius 1 is 0.634 bits per heavy atom. The van der Waals surface area contributed by atoms with Crippen LogP contribution < -0.4 is 0 Å². The van der Waals surface area contributed by atoms with Crippen LogP contribution in [-0.2, 0) is 0 Å². The standard InChI is InChI=1S/C34H19N5OS/c1-5-13-26-21(9-1)22-10-2-6-14-27(22)39(26)34-37-31(36-32(38-34)33-35-25-12-4-8-16-30(25)41-33)20-17-18-24-23-11-3-7-15-28(23)40-29(24)19-20/h1-19H/i1D,2D,5D,6D,9D,10D,13D,14D. The lowest BCUT2D eigenvalue weighted by atomic mass is 10.1. The number of aromatic nitrogens is 5. The second-order valence-electron chi connectivity index (χ2n) is 9.36. The van der Waals surface area contributed by atoms with Gasteiger partial charge in [-0.1, -0.05) is 72.7 Å². The molecule has 7 heteroatoms. The number of furan rings is 1. The molecule has 0 saturated heterocycles. The molecule has 6 nitrogen and oxygen atoms in total. The monoisotopic (exact) mass is 553 g/mol. The van der Waals surface area contributed by atoms with Crippen molar-refractivity contribution in [1.82, 2.24) is 24.5 Å². The van der Waals surface area contributed by atoms with E-state index in [0.717, 1.165) is 26.6 Å². The number of benzene rings is 5. The molecular formula is C34H19N5OS. The maximum Gasteiger partial charge on any atom is 0.238 e. The zero-order valence-electron chi connectivity index (χ0n) is 28.9. The molecule has 0 saturated carbocycles. The number of hydrogen-bond donors (Lipinski definition) is 0. The number of rotatable bonds is 3. The Hall–Kier alpha value is -5.40. The molecule has 0 N–H and O–H groups in total. The summed E-state index contributed by atoms with van der Waals surface area (Å²) in [5.41, 5.74) is 2.43. The van der Waals surface area contributed by atoms with Crippen LogP contribution in [0, 0.1) is 0 Å². The van der Waals surface area contributed by atoms with Crippen molar-refractivity contribution in [2.24, 2.45) is 0 Å². The van der Waals surface area contributed by atoms with Crippen LogP contribution in [0.15, 0.2) is 119 Å². The van der Waals surface area contributed by atoms with Gasteiger partial charge in [-0.2, -0.15) is 9.97 Å². The number of fused-ring (bicyclic) bond motifs is 7. The number of thiazole rings is 1. The van der Waals surface area contributed by atoms with Gasteiger partial charge in [0.1, 0.15) is 11.2 Å². The molecule has 0 fully saturated rings. The van der Waals surface area contributed by atoms with Gasteiger partial charge in [0.15, 0.2) is 16.7 Å². The Morgan fingerprint density at radius 2 is 1.34 bits per heavy atom. The largest absolute Gasteiger partial charge is 0.456 e. The number of para-hydroxylation sites is 4. The highest BCUT2D eigenvalue weighted by Gasteiger charge is 2.19. The average molecular weight is 554 g/mol. The van der Waals surface area contributed by atoms with Crippen LogP contribution in [0.25, 0.3) is 82.1 Å². The average Bonchev–Trinajstić information content (AvgIpc) is 3.83. The zero-order valence-corrected chi connectivity index (χ0v) is 21.7. The molecular weight excluding hydrogens is 526 g/mol. The summed E-state index contributed by atoms with van der Waals surface area (Å²) in [5.74, 6) is 0.250. The summed E-state index contributed by atoms with van der Waals surface area (Å²) >= 11 is 1.36. The van der Waals surface area contributed by atoms with Gasteiger partial charge in [-0.25, -0.2) is 9.97 Å². The van der Waals surface area contributed by atoms with Crippen molar-refractivity contribution in [2.75, 3.05) is 0 Å². The first-order valence-corrected chi connectivity index (χ1v) is 13.5. The second-order valence-corrected chi connectivity index (χ2v) is 10.4. The molecule has 4 aromatic heterocycles. The lowest BCUT2D eigenvalue weighted by Crippen LogP contribution is -2.06. The van der Waals surface area contributed by atoms with Crippen LogP contribution in [0.4, 0.5) is 0 Å². The summed E-state index contributed by atoms with van der Waals surface area (Å²) in [6.07, 6.45) is 0. The van der Waals surface area contributed by atoms with E-state index in [1.165, 1.54) is 15.9 Å². The van der Waals surface area contributed by atoms with Crippen LogP contribution in [0.5, 0.6) is 0 Å². The molecule has 4 heterocycles. The molecule has 0 atom stereocenters. The van der Waals surface area contributed by atoms with Gasteiger partial charge in [-0.3, -0.25) is 4.57 Å². The first-order chi connectivity index (χ1) is 23.6. The van der Waals surface area contributed by atoms with Crippen molar-refractivity contribution >= 4 is 65.3 Å². The Balaban J connectivity index is 1.42. The van der Waals surface area contributed by atoms with E-state index in [-0.39, 0.29) is 39.4 Å². The van der Waals surface area contributed by atoms with Crippen LogP contribution in [0.2, 0.25) is 0 Å². The van der Waals surface area contributed by atoms with E-state index in [2.05, 4.69) is 0 Å². The molecule has 9 rings (SSSR count). The summed E-state index contributed by atoms with van der Waals surface area (Å²) in [7, 11) is 0. The van der Waals surface area contributed by atoms with Crippen molar-refractivity contribution < 1.29 is 15.4 Å². The quantitative estimate of drug-likeness (QED) is 0.219. The molecule has 0 spiro atoms. The molecule has 9 aromatic rings. The molecule has 0 unspecified atom stereocenters. The molecule has 0 aliphatic rings. The minimum atomic E-state index is -0.534. The predicted molar refractivity (Wildman–Crippen MR) is 165 cm³/mol. The normalized spacial score (nSPS) is 14.6. The smallest absolute Gasteiger partial charge is 0.238 e. The van der Waals surface area contributed by atoms with E-state index in [9.17, 15) is 0 Å². The van der Waals surface area contributed by atoms with E-state index in [1.54, 1.807) is 6.07 Å². The number of hydrogen-bond acceptors (Lipinski definition) is 6. The molecule has 5 aromatic carbocycles. The summed E-state index contributed by atoms with van der Waals surface area (Å²) < 4.78 is 77.4. The summed E-state index contributed by atoms with van der Waals surface area (Å²) in [6, 6.07) is 16.9. The van der Waals surface area contributed by atoms with Crippen molar-refractivity contribution in [1.29, 1.82) is 0 Å². The van der Waals surface area contributed by atoms with E-state index in [4.69, 9.17) is 35.3 Å². The maximum atomic E-state index is 8.93. The van der Waals surface area contributed by atoms with E-state index >= 15 is 0 Å². The minimum absolute atomic E-state index is 0.0693. The van der Waals surface area contributed by atoms with Gasteiger partial charge < -0.3 is 4.42 Å². The highest BCUT2D eigenvalue weighted by Crippen LogP contribution is 2.35. The highest BCUT2D eigenvalue weighted by atomic mass is 32.1. The second kappa shape index (κ2) is 8.55. The van der Waals surface area contributed by atoms with Crippen LogP contribution in [0.1, 0.15) is 11.0 Å². The molecule has 0 aliphatic heterocycles. The van der Waals surface area contributed by atoms with Crippen LogP contribution in [-0.4, -0.2) is 24.5 Å². The molecule has 0 amide bonds. The summed E-state index contributed by atoms with van der Waals surface area (Å²) in [6.45, 7) is 0. The lowest BCUT2D eigenvalue weighted by Gasteiger charge is -2.09. The molecule has 41 heavy (non-hydrogen) atoms. The zero-order chi connectivity index (χ0) is 33.9. The Bertz CT molecular complexity index is 2790. The van der Waals surface area contributed by atoms with E-state index in [1.807, 2.05) is 60.7 Å². The first kappa shape index (κ1) is 16.0. The summed E-state index contributed by atoms with van der Waals surface area (Å²) in [5, 5.41) is 2.17. The van der Waals surface area contributed by atoms with E-state index < -0.39 is 48.3 Å². The predicted octanol–water partition coefficient (Wildman–Crippen LogP) is 8.81. The van der Waals surface area contributed by atoms with Crippen molar-refractivity contribution in [3.05, 3.63) is 115 Å². The van der Waals surface area contributed by atoms with Crippen LogP contribution in [0.3, 0.4) is 0 Å². The maximum absolute atomic E-state index is 8.93. The molecule has 0 aliphatic carbocycles. The third-order valence-electron chi connectivity index (χ3n) is 6.98. The fraction of sp³-hybridized carbons (Fsp3) is 0. The first-order valence-electron chi connectivity index (χ1n) is 16.7. The fourth-order valence-electron chi connectivity index (χ4n) is 5.14. The summed E-state index contributed by atoms with van der Waals surface area (Å²) in [4.78, 5) is 19.1. The SMILES string of the molecule is [2H]c1c([2H])c([2H])c2c(c1[2H])c1c([2H])c([2H])c([2H])c([2H])c1n2-c1nc(-c2ccc3c(c2)oc2ccccc23)nc(-c2nc3ccccc3s2)n1. The van der Waals surface area contributed by atoms with E-state index in [0.29, 0.717) is 16.2 Å². The Labute approximate surface area is 248 Å². The highest BCUT2D eigenvalue weighted by molar-refractivity contribution is 7.21. The van der Waals surface area contributed by atoms with Crippen molar-refractivity contribution in [3.8, 4) is 28.2 Å². The Kier molecular flexibility index (Phi) is 3.34. The third-order valence-corrected chi connectivity index (χ3v) is 8.01. The third kappa shape index (κ3) is 3.43. The molecule has 0 bridgehead atoms. The molecule has 192 valence electrons. The van der Waals surface area contributed by atoms with Crippen LogP contribution >= 0.6 is 11.3 Å². The van der Waals surface area contributed by atoms with Gasteiger partial charge in [-0.15, -0.1) is 11.3 Å². The number of nitrogens with zero attached hydrogens (tertiary/aromatic N) is 5. The van der Waals surface area contributed by atoms with Gasteiger partial charge in [0, 0.05) is 27.1 Å². The molecule has 0 radical (unpaired) electrons. The van der Waals surface area contributed by atoms with Gasteiger partial charge in [-0.05, 0) is 42.4 Å². The van der Waals surface area contributed by atoms with Gasteiger partial charge in [0.2, 0.25) is 5.95 Å². The van der Waals surface area contributed by atoms with Gasteiger partial charge in [0.25, 0.3) is 0 Å². The van der Waals surface area contributed by atoms with Gasteiger partial charge in [0.05, 0.1) is 32.2 Å². The van der Waals surface area contributed by atoms with Gasteiger partial charge >= 0.3 is 0 Å². The minimum Gasteiger partial charge on any atom is -0.456 e. The Morgan fingerprint density at radius 3 is 2.17 bits per heavy atom.